The maximum absolute atomic E-state index is 12.9. The quantitative estimate of drug-likeness (QED) is 0.712. The van der Waals surface area contributed by atoms with E-state index in [1.165, 1.54) is 0 Å². The predicted octanol–water partition coefficient (Wildman–Crippen LogP) is 4.09. The van der Waals surface area contributed by atoms with Crippen molar-refractivity contribution < 1.29 is 26.0 Å². The molecule has 2 aromatic rings. The van der Waals surface area contributed by atoms with Gasteiger partial charge in [-0.05, 0) is 36.6 Å². The number of hydrogen-bond acceptors (Lipinski definition) is 5. The van der Waals surface area contributed by atoms with E-state index in [4.69, 9.17) is 16.0 Å². The van der Waals surface area contributed by atoms with E-state index in [9.17, 15) is 21.6 Å². The van der Waals surface area contributed by atoms with Crippen LogP contribution in [-0.4, -0.2) is 18.6 Å². The van der Waals surface area contributed by atoms with E-state index >= 15 is 0 Å². The molecule has 1 saturated carbocycles. The lowest BCUT2D eigenvalue weighted by molar-refractivity contribution is -0.137. The number of alkyl halides is 4. The van der Waals surface area contributed by atoms with Gasteiger partial charge in [0.1, 0.15) is 5.54 Å². The van der Waals surface area contributed by atoms with E-state index in [-0.39, 0.29) is 22.2 Å². The zero-order valence-corrected chi connectivity index (χ0v) is 17.0. The van der Waals surface area contributed by atoms with Gasteiger partial charge in [0.05, 0.1) is 10.5 Å². The molecule has 1 aromatic heterocycles. The summed E-state index contributed by atoms with van der Waals surface area (Å²) in [6.45, 7) is 5.63. The fourth-order valence-corrected chi connectivity index (χ4v) is 4.58. The number of sulfonamides is 1. The minimum Gasteiger partial charge on any atom is -0.423 e. The largest absolute Gasteiger partial charge is 0.423 e. The topological polar surface area (TPSA) is 85.1 Å². The van der Waals surface area contributed by atoms with Gasteiger partial charge in [-0.25, -0.2) is 8.42 Å². The molecule has 0 spiro atoms. The highest BCUT2D eigenvalue weighted by Gasteiger charge is 2.53. The summed E-state index contributed by atoms with van der Waals surface area (Å²) in [5.41, 5.74) is -2.56. The van der Waals surface area contributed by atoms with Gasteiger partial charge < -0.3 is 4.42 Å². The van der Waals surface area contributed by atoms with Gasteiger partial charge in [0.15, 0.2) is 0 Å². The second kappa shape index (κ2) is 6.70. The minimum atomic E-state index is -4.60. The van der Waals surface area contributed by atoms with Gasteiger partial charge in [-0.1, -0.05) is 20.8 Å². The molecule has 1 fully saturated rings. The van der Waals surface area contributed by atoms with Gasteiger partial charge in [0.25, 0.3) is 0 Å². The number of aromatic nitrogens is 2. The summed E-state index contributed by atoms with van der Waals surface area (Å²) in [4.78, 5) is -0.308. The van der Waals surface area contributed by atoms with Crippen molar-refractivity contribution in [2.75, 3.05) is 0 Å². The van der Waals surface area contributed by atoms with Crippen LogP contribution in [-0.2, 0) is 33.0 Å². The van der Waals surface area contributed by atoms with E-state index in [2.05, 4.69) is 14.9 Å². The first-order chi connectivity index (χ1) is 12.8. The Kier molecular flexibility index (Phi) is 5.04. The van der Waals surface area contributed by atoms with Crippen LogP contribution < -0.4 is 4.72 Å². The van der Waals surface area contributed by atoms with E-state index in [0.29, 0.717) is 24.8 Å². The Morgan fingerprint density at radius 3 is 2.32 bits per heavy atom. The lowest BCUT2D eigenvalue weighted by atomic mass is 9.97. The van der Waals surface area contributed by atoms with Crippen LogP contribution in [0.1, 0.15) is 56.5 Å². The molecule has 28 heavy (non-hydrogen) atoms. The van der Waals surface area contributed by atoms with Crippen LogP contribution in [0.3, 0.4) is 0 Å². The number of halogens is 4. The summed E-state index contributed by atoms with van der Waals surface area (Å²) in [7, 11) is -4.16. The zero-order chi connectivity index (χ0) is 21.0. The van der Waals surface area contributed by atoms with Crippen molar-refractivity contribution in [2.24, 2.45) is 0 Å². The molecule has 1 N–H and O–H groups in total. The van der Waals surface area contributed by atoms with Crippen LogP contribution in [0, 0.1) is 0 Å². The first-order valence-corrected chi connectivity index (χ1v) is 10.4. The highest BCUT2D eigenvalue weighted by Crippen LogP contribution is 2.46. The summed E-state index contributed by atoms with van der Waals surface area (Å²) in [6.07, 6.45) is -3.72. The van der Waals surface area contributed by atoms with Crippen molar-refractivity contribution in [2.45, 2.75) is 61.5 Å². The third-order valence-corrected chi connectivity index (χ3v) is 6.30. The third kappa shape index (κ3) is 4.04. The number of nitrogens with zero attached hydrogens (tertiary/aromatic N) is 2. The lowest BCUT2D eigenvalue weighted by Gasteiger charge is -2.17. The molecule has 3 rings (SSSR count). The maximum atomic E-state index is 12.9. The maximum Gasteiger partial charge on any atom is 0.416 e. The van der Waals surface area contributed by atoms with Gasteiger partial charge in [0, 0.05) is 11.3 Å². The van der Waals surface area contributed by atoms with Crippen LogP contribution in [0.4, 0.5) is 13.2 Å². The first kappa shape index (κ1) is 21.1. The summed E-state index contributed by atoms with van der Waals surface area (Å²) in [6, 6.07) is 2.37. The SMILES string of the molecule is CC(C)(C)c1nnc(C2(NS(=O)(=O)c3ccc(C(F)(F)F)cc3CCl)CC2)o1. The molecule has 11 heteroatoms. The summed E-state index contributed by atoms with van der Waals surface area (Å²) in [5.74, 6) is 0.117. The number of hydrogen-bond donors (Lipinski definition) is 1. The highest BCUT2D eigenvalue weighted by molar-refractivity contribution is 7.89. The number of benzene rings is 1. The zero-order valence-electron chi connectivity index (χ0n) is 15.4. The molecule has 0 bridgehead atoms. The smallest absolute Gasteiger partial charge is 0.416 e. The van der Waals surface area contributed by atoms with Crippen LogP contribution in [0.2, 0.25) is 0 Å². The Hall–Kier alpha value is -1.65. The van der Waals surface area contributed by atoms with Crippen LogP contribution >= 0.6 is 11.6 Å². The van der Waals surface area contributed by atoms with E-state index < -0.39 is 32.7 Å². The van der Waals surface area contributed by atoms with Gasteiger partial charge >= 0.3 is 6.18 Å². The van der Waals surface area contributed by atoms with Crippen molar-refractivity contribution in [1.82, 2.24) is 14.9 Å². The average molecular weight is 438 g/mol. The van der Waals surface area contributed by atoms with Crippen LogP contribution in [0.25, 0.3) is 0 Å². The fourth-order valence-electron chi connectivity index (χ4n) is 2.64. The standard InChI is InChI=1S/C17H19ClF3N3O3S/c1-15(2,3)13-22-23-14(27-13)16(6-7-16)24-28(25,26)12-5-4-11(17(19,20)21)8-10(12)9-18/h4-5,8,24H,6-7,9H2,1-3H3. The molecule has 0 amide bonds. The molecule has 0 radical (unpaired) electrons. The Labute approximate surface area is 165 Å². The van der Waals surface area contributed by atoms with Crippen molar-refractivity contribution in [3.8, 4) is 0 Å². The van der Waals surface area contributed by atoms with Gasteiger partial charge in [-0.3, -0.25) is 0 Å². The molecular formula is C17H19ClF3N3O3S. The summed E-state index contributed by atoms with van der Waals surface area (Å²) >= 11 is 5.72. The second-order valence-electron chi connectivity index (χ2n) is 7.80. The molecule has 0 aliphatic heterocycles. The Morgan fingerprint density at radius 1 is 1.21 bits per heavy atom. The molecule has 1 aliphatic rings. The molecule has 1 heterocycles. The summed E-state index contributed by atoms with van der Waals surface area (Å²) < 4.78 is 72.6. The molecule has 0 atom stereocenters. The fraction of sp³-hybridized carbons (Fsp3) is 0.529. The Bertz CT molecular complexity index is 993. The Morgan fingerprint density at radius 2 is 1.86 bits per heavy atom. The molecular weight excluding hydrogens is 419 g/mol. The molecule has 0 saturated heterocycles. The lowest BCUT2D eigenvalue weighted by Crippen LogP contribution is -2.35. The van der Waals surface area contributed by atoms with Gasteiger partial charge in [0.2, 0.25) is 21.8 Å². The van der Waals surface area contributed by atoms with Gasteiger partial charge in [-0.15, -0.1) is 21.8 Å². The number of rotatable bonds is 5. The van der Waals surface area contributed by atoms with Crippen LogP contribution in [0.15, 0.2) is 27.5 Å². The third-order valence-electron chi connectivity index (χ3n) is 4.38. The molecule has 1 aliphatic carbocycles. The van der Waals surface area contributed by atoms with Crippen molar-refractivity contribution in [3.63, 3.8) is 0 Å². The Balaban J connectivity index is 1.93. The normalized spacial score (nSPS) is 17.0. The van der Waals surface area contributed by atoms with Gasteiger partial charge in [-0.2, -0.15) is 17.9 Å². The van der Waals surface area contributed by atoms with Crippen molar-refractivity contribution in [1.29, 1.82) is 0 Å². The van der Waals surface area contributed by atoms with E-state index in [0.717, 1.165) is 12.1 Å². The van der Waals surface area contributed by atoms with Crippen molar-refractivity contribution >= 4 is 21.6 Å². The average Bonchev–Trinajstić information content (AvgIpc) is 3.15. The van der Waals surface area contributed by atoms with Crippen LogP contribution in [0.5, 0.6) is 0 Å². The predicted molar refractivity (Wildman–Crippen MR) is 95.2 cm³/mol. The highest BCUT2D eigenvalue weighted by atomic mass is 35.5. The molecule has 6 nitrogen and oxygen atoms in total. The molecule has 1 aromatic carbocycles. The summed E-state index contributed by atoms with van der Waals surface area (Å²) in [5, 5.41) is 7.94. The second-order valence-corrected chi connectivity index (χ2v) is 9.72. The van der Waals surface area contributed by atoms with E-state index in [1.807, 2.05) is 20.8 Å². The van der Waals surface area contributed by atoms with E-state index in [1.54, 1.807) is 0 Å². The molecule has 154 valence electrons. The number of nitrogens with one attached hydrogen (secondary N) is 1. The van der Waals surface area contributed by atoms with Crippen molar-refractivity contribution in [3.05, 3.63) is 41.1 Å². The monoisotopic (exact) mass is 437 g/mol. The minimum absolute atomic E-state index is 0.138. The first-order valence-electron chi connectivity index (χ1n) is 8.43. The molecule has 0 unspecified atom stereocenters.